The van der Waals surface area contributed by atoms with E-state index >= 15 is 0 Å². The lowest BCUT2D eigenvalue weighted by atomic mass is 10.1. The molecular weight excluding hydrogens is 301 g/mol. The van der Waals surface area contributed by atoms with Crippen LogP contribution in [0.5, 0.6) is 0 Å². The molecule has 1 atom stereocenters. The van der Waals surface area contributed by atoms with Gasteiger partial charge in [0.2, 0.25) is 0 Å². The number of alkyl halides is 3. The molecule has 0 aliphatic heterocycles. The van der Waals surface area contributed by atoms with Gasteiger partial charge in [-0.15, -0.1) is 12.4 Å². The lowest BCUT2D eigenvalue weighted by molar-refractivity contribution is -0.149. The van der Waals surface area contributed by atoms with E-state index in [2.05, 4.69) is 15.9 Å². The highest BCUT2D eigenvalue weighted by molar-refractivity contribution is 9.10. The normalized spacial score (nSPS) is 13.2. The molecule has 0 saturated heterocycles. The molecule has 0 spiro atoms. The van der Waals surface area contributed by atoms with Crippen LogP contribution in [0.2, 0.25) is 0 Å². The van der Waals surface area contributed by atoms with E-state index in [4.69, 9.17) is 5.73 Å². The number of hydrogen-bond acceptors (Lipinski definition) is 1. The Morgan fingerprint density at radius 1 is 1.20 bits per heavy atom. The van der Waals surface area contributed by atoms with Crippen molar-refractivity contribution in [3.05, 3.63) is 34.1 Å². The summed E-state index contributed by atoms with van der Waals surface area (Å²) in [6, 6.07) is 0.811. The van der Waals surface area contributed by atoms with Gasteiger partial charge in [-0.2, -0.15) is 13.2 Å². The summed E-state index contributed by atoms with van der Waals surface area (Å²) in [5.41, 5.74) is 4.60. The predicted molar refractivity (Wildman–Crippen MR) is 54.3 cm³/mol. The minimum absolute atomic E-state index is 0. The lowest BCUT2D eigenvalue weighted by Gasteiger charge is -2.15. The van der Waals surface area contributed by atoms with Gasteiger partial charge in [-0.1, -0.05) is 15.9 Å². The Bertz CT molecular complexity index is 322. The molecule has 1 rings (SSSR count). The first-order valence-corrected chi connectivity index (χ1v) is 4.38. The second-order valence-electron chi connectivity index (χ2n) is 2.72. The van der Waals surface area contributed by atoms with Crippen LogP contribution in [0.25, 0.3) is 0 Å². The molecule has 0 bridgehead atoms. The molecule has 1 aromatic carbocycles. The van der Waals surface area contributed by atoms with Gasteiger partial charge in [0.1, 0.15) is 11.9 Å². The fourth-order valence-electron chi connectivity index (χ4n) is 0.944. The van der Waals surface area contributed by atoms with Gasteiger partial charge in [-0.05, 0) is 23.8 Å². The van der Waals surface area contributed by atoms with Crippen molar-refractivity contribution < 1.29 is 17.6 Å². The van der Waals surface area contributed by atoms with E-state index in [9.17, 15) is 17.6 Å². The quantitative estimate of drug-likeness (QED) is 0.789. The molecule has 0 saturated carbocycles. The Morgan fingerprint density at radius 2 is 1.73 bits per heavy atom. The molecule has 0 amide bonds. The van der Waals surface area contributed by atoms with Crippen LogP contribution < -0.4 is 5.73 Å². The zero-order valence-corrected chi connectivity index (χ0v) is 9.59. The smallest absolute Gasteiger partial charge is 0.316 e. The molecule has 86 valence electrons. The summed E-state index contributed by atoms with van der Waals surface area (Å²) in [7, 11) is 0. The molecule has 0 aliphatic carbocycles. The summed E-state index contributed by atoms with van der Waals surface area (Å²) in [6.07, 6.45) is -4.56. The summed E-state index contributed by atoms with van der Waals surface area (Å²) in [6.45, 7) is 0. The summed E-state index contributed by atoms with van der Waals surface area (Å²) in [5.74, 6) is -0.755. The third kappa shape index (κ3) is 3.96. The van der Waals surface area contributed by atoms with E-state index in [1.165, 1.54) is 0 Å². The molecular formula is C8H7BrClF4N. The van der Waals surface area contributed by atoms with Crippen LogP contribution in [0.15, 0.2) is 22.7 Å². The van der Waals surface area contributed by atoms with Crippen LogP contribution in [-0.2, 0) is 0 Å². The van der Waals surface area contributed by atoms with Gasteiger partial charge in [0.15, 0.2) is 0 Å². The minimum Gasteiger partial charge on any atom is -0.316 e. The molecule has 1 nitrogen and oxygen atoms in total. The molecule has 15 heavy (non-hydrogen) atoms. The van der Waals surface area contributed by atoms with Crippen LogP contribution >= 0.6 is 28.3 Å². The van der Waals surface area contributed by atoms with E-state index in [1.54, 1.807) is 0 Å². The Kier molecular flexibility index (Phi) is 5.02. The number of rotatable bonds is 1. The summed E-state index contributed by atoms with van der Waals surface area (Å²) in [4.78, 5) is 0. The molecule has 0 fully saturated rings. The van der Waals surface area contributed by atoms with Crippen LogP contribution in [0.3, 0.4) is 0 Å². The maximum Gasteiger partial charge on any atom is 0.407 e. The summed E-state index contributed by atoms with van der Waals surface area (Å²) < 4.78 is 49.4. The van der Waals surface area contributed by atoms with Crippen LogP contribution in [-0.4, -0.2) is 6.18 Å². The Labute approximate surface area is 98.2 Å². The lowest BCUT2D eigenvalue weighted by Crippen LogP contribution is -2.28. The van der Waals surface area contributed by atoms with Crippen LogP contribution in [0.1, 0.15) is 11.6 Å². The van der Waals surface area contributed by atoms with Gasteiger partial charge < -0.3 is 5.73 Å². The van der Waals surface area contributed by atoms with Gasteiger partial charge in [0.05, 0.1) is 0 Å². The molecule has 1 aromatic rings. The van der Waals surface area contributed by atoms with E-state index in [0.29, 0.717) is 0 Å². The number of benzene rings is 1. The van der Waals surface area contributed by atoms with E-state index < -0.39 is 18.0 Å². The Balaban J connectivity index is 0.00000196. The largest absolute Gasteiger partial charge is 0.407 e. The summed E-state index contributed by atoms with van der Waals surface area (Å²) in [5, 5.41) is 0. The fraction of sp³-hybridized carbons (Fsp3) is 0.250. The van der Waals surface area contributed by atoms with E-state index in [1.807, 2.05) is 0 Å². The average molecular weight is 308 g/mol. The zero-order chi connectivity index (χ0) is 10.9. The van der Waals surface area contributed by atoms with Crippen molar-refractivity contribution in [1.82, 2.24) is 0 Å². The second-order valence-corrected chi connectivity index (χ2v) is 3.64. The van der Waals surface area contributed by atoms with E-state index in [-0.39, 0.29) is 22.4 Å². The molecule has 0 aliphatic rings. The van der Waals surface area contributed by atoms with Crippen molar-refractivity contribution >= 4 is 28.3 Å². The fourth-order valence-corrected chi connectivity index (χ4v) is 1.43. The zero-order valence-electron chi connectivity index (χ0n) is 7.18. The average Bonchev–Trinajstić information content (AvgIpc) is 1.99. The minimum atomic E-state index is -4.56. The van der Waals surface area contributed by atoms with Gasteiger partial charge in [-0.25, -0.2) is 4.39 Å². The maximum absolute atomic E-state index is 12.7. The maximum atomic E-state index is 12.7. The van der Waals surface area contributed by atoms with Gasteiger partial charge in [0, 0.05) is 4.47 Å². The first-order valence-electron chi connectivity index (χ1n) is 3.59. The molecule has 0 heterocycles. The Morgan fingerprint density at radius 3 is 2.13 bits per heavy atom. The van der Waals surface area contributed by atoms with Crippen LogP contribution in [0, 0.1) is 5.82 Å². The van der Waals surface area contributed by atoms with Crippen molar-refractivity contribution in [2.24, 2.45) is 5.73 Å². The van der Waals surface area contributed by atoms with Gasteiger partial charge >= 0.3 is 6.18 Å². The second kappa shape index (κ2) is 5.14. The van der Waals surface area contributed by atoms with Crippen molar-refractivity contribution in [2.45, 2.75) is 12.2 Å². The predicted octanol–water partition coefficient (Wildman–Crippen LogP) is 3.57. The molecule has 0 radical (unpaired) electrons. The van der Waals surface area contributed by atoms with Crippen LogP contribution in [0.4, 0.5) is 17.6 Å². The number of nitrogens with two attached hydrogens (primary N) is 1. The van der Waals surface area contributed by atoms with E-state index in [0.717, 1.165) is 18.2 Å². The summed E-state index contributed by atoms with van der Waals surface area (Å²) >= 11 is 2.89. The monoisotopic (exact) mass is 307 g/mol. The molecule has 0 aromatic heterocycles. The first-order chi connectivity index (χ1) is 6.30. The van der Waals surface area contributed by atoms with Crippen molar-refractivity contribution in [2.75, 3.05) is 0 Å². The third-order valence-electron chi connectivity index (χ3n) is 1.60. The van der Waals surface area contributed by atoms with Crippen molar-refractivity contribution in [3.8, 4) is 0 Å². The Hall–Kier alpha value is -0.330. The standard InChI is InChI=1S/C8H6BrF4N.ClH/c9-5-1-4(2-6(10)3-5)7(14)8(11,12)13;/h1-3,7H,14H2;1H/t7-;/m0./s1. The SMILES string of the molecule is Cl.N[C@@H](c1cc(F)cc(Br)c1)C(F)(F)F. The highest BCUT2D eigenvalue weighted by Crippen LogP contribution is 2.31. The van der Waals surface area contributed by atoms with Gasteiger partial charge in [-0.3, -0.25) is 0 Å². The topological polar surface area (TPSA) is 26.0 Å². The molecule has 0 unspecified atom stereocenters. The number of hydrogen-bond donors (Lipinski definition) is 1. The highest BCUT2D eigenvalue weighted by Gasteiger charge is 2.38. The molecule has 7 heteroatoms. The first kappa shape index (κ1) is 14.7. The van der Waals surface area contributed by atoms with Crippen molar-refractivity contribution in [1.29, 1.82) is 0 Å². The number of halogens is 6. The highest BCUT2D eigenvalue weighted by atomic mass is 79.9. The molecule has 2 N–H and O–H groups in total. The van der Waals surface area contributed by atoms with Gasteiger partial charge in [0.25, 0.3) is 0 Å². The van der Waals surface area contributed by atoms with Crippen molar-refractivity contribution in [3.63, 3.8) is 0 Å². The third-order valence-corrected chi connectivity index (χ3v) is 2.05.